The van der Waals surface area contributed by atoms with E-state index in [2.05, 4.69) is 29.9 Å². The molecule has 5 heteroatoms. The predicted octanol–water partition coefficient (Wildman–Crippen LogP) is 4.20. The van der Waals surface area contributed by atoms with Gasteiger partial charge in [-0.05, 0) is 31.6 Å². The van der Waals surface area contributed by atoms with Crippen molar-refractivity contribution >= 4 is 28.1 Å². The molecule has 1 unspecified atom stereocenters. The van der Waals surface area contributed by atoms with Crippen LogP contribution in [0.15, 0.2) is 30.5 Å². The molecule has 1 aromatic heterocycles. The van der Waals surface area contributed by atoms with Gasteiger partial charge in [-0.2, -0.15) is 0 Å². The lowest BCUT2D eigenvalue weighted by Gasteiger charge is -2.28. The van der Waals surface area contributed by atoms with Crippen LogP contribution >= 0.6 is 22.9 Å². The lowest BCUT2D eigenvalue weighted by molar-refractivity contribution is 0.277. The summed E-state index contributed by atoms with van der Waals surface area (Å²) < 4.78 is 0. The number of nitrogens with two attached hydrogens (primary N) is 1. The van der Waals surface area contributed by atoms with Gasteiger partial charge in [0.15, 0.2) is 5.13 Å². The van der Waals surface area contributed by atoms with Crippen LogP contribution in [0.5, 0.6) is 0 Å². The average Bonchev–Trinajstić information content (AvgIpc) is 2.85. The van der Waals surface area contributed by atoms with Crippen LogP contribution < -0.4 is 5.73 Å². The smallest absolute Gasteiger partial charge is 0.180 e. The van der Waals surface area contributed by atoms with Crippen LogP contribution in [0.1, 0.15) is 36.2 Å². The van der Waals surface area contributed by atoms with E-state index in [1.165, 1.54) is 17.8 Å². The Morgan fingerprint density at radius 3 is 2.75 bits per heavy atom. The summed E-state index contributed by atoms with van der Waals surface area (Å²) in [6.45, 7) is 3.22. The molecular formula is C15H20ClN3S. The molecule has 1 heterocycles. The highest BCUT2D eigenvalue weighted by Crippen LogP contribution is 2.35. The van der Waals surface area contributed by atoms with E-state index in [1.54, 1.807) is 0 Å². The fourth-order valence-corrected chi connectivity index (χ4v) is 3.38. The van der Waals surface area contributed by atoms with Gasteiger partial charge in [0.25, 0.3) is 0 Å². The number of aromatic nitrogens is 1. The Morgan fingerprint density at radius 2 is 2.15 bits per heavy atom. The molecule has 0 aliphatic heterocycles. The first-order valence-electron chi connectivity index (χ1n) is 6.79. The third kappa shape index (κ3) is 3.51. The molecule has 0 saturated heterocycles. The summed E-state index contributed by atoms with van der Waals surface area (Å²) in [6, 6.07) is 8.10. The molecule has 108 valence electrons. The van der Waals surface area contributed by atoms with Crippen LogP contribution in [-0.2, 0) is 0 Å². The molecule has 2 aromatic rings. The highest BCUT2D eigenvalue weighted by atomic mass is 35.5. The Bertz CT molecular complexity index is 556. The number of nitrogens with zero attached hydrogens (tertiary/aromatic N) is 2. The summed E-state index contributed by atoms with van der Waals surface area (Å²) in [5, 5.41) is 1.38. The maximum atomic E-state index is 6.38. The fraction of sp³-hybridized carbons (Fsp3) is 0.400. The molecular weight excluding hydrogens is 290 g/mol. The summed E-state index contributed by atoms with van der Waals surface area (Å²) in [7, 11) is 2.12. The molecule has 2 rings (SSSR count). The van der Waals surface area contributed by atoms with Crippen molar-refractivity contribution in [1.29, 1.82) is 0 Å². The number of rotatable bonds is 6. The number of anilines is 1. The van der Waals surface area contributed by atoms with Gasteiger partial charge in [0.05, 0.1) is 6.04 Å². The lowest BCUT2D eigenvalue weighted by Crippen LogP contribution is -2.26. The van der Waals surface area contributed by atoms with Gasteiger partial charge in [-0.25, -0.2) is 4.98 Å². The first-order valence-corrected chi connectivity index (χ1v) is 7.98. The van der Waals surface area contributed by atoms with E-state index < -0.39 is 0 Å². The van der Waals surface area contributed by atoms with Crippen LogP contribution in [0, 0.1) is 0 Å². The molecule has 0 fully saturated rings. The average molecular weight is 310 g/mol. The van der Waals surface area contributed by atoms with Gasteiger partial charge >= 0.3 is 0 Å². The minimum Gasteiger partial charge on any atom is -0.375 e. The summed E-state index contributed by atoms with van der Waals surface area (Å²) in [5.74, 6) is 0. The van der Waals surface area contributed by atoms with E-state index in [-0.39, 0.29) is 6.04 Å². The molecule has 2 N–H and O–H groups in total. The third-order valence-electron chi connectivity index (χ3n) is 3.32. The Balaban J connectivity index is 2.36. The lowest BCUT2D eigenvalue weighted by atomic mass is 10.0. The Labute approximate surface area is 129 Å². The summed E-state index contributed by atoms with van der Waals surface area (Å²) in [4.78, 5) is 7.63. The molecule has 0 bridgehead atoms. The van der Waals surface area contributed by atoms with Crippen molar-refractivity contribution in [3.05, 3.63) is 45.9 Å². The Morgan fingerprint density at radius 1 is 1.40 bits per heavy atom. The van der Waals surface area contributed by atoms with Crippen molar-refractivity contribution in [2.75, 3.05) is 19.3 Å². The second kappa shape index (κ2) is 7.07. The topological polar surface area (TPSA) is 42.2 Å². The summed E-state index contributed by atoms with van der Waals surface area (Å²) >= 11 is 7.91. The Kier molecular flexibility index (Phi) is 5.40. The van der Waals surface area contributed by atoms with E-state index in [1.807, 2.05) is 24.4 Å². The van der Waals surface area contributed by atoms with Crippen molar-refractivity contribution in [2.45, 2.75) is 25.8 Å². The highest BCUT2D eigenvalue weighted by molar-refractivity contribution is 7.15. The van der Waals surface area contributed by atoms with Crippen LogP contribution in [0.25, 0.3) is 0 Å². The maximum absolute atomic E-state index is 6.38. The van der Waals surface area contributed by atoms with E-state index >= 15 is 0 Å². The van der Waals surface area contributed by atoms with Crippen LogP contribution in [-0.4, -0.2) is 23.5 Å². The van der Waals surface area contributed by atoms with Crippen LogP contribution in [0.2, 0.25) is 5.02 Å². The first-order chi connectivity index (χ1) is 9.63. The van der Waals surface area contributed by atoms with E-state index in [9.17, 15) is 0 Å². The number of hydrogen-bond donors (Lipinski definition) is 1. The third-order valence-corrected chi connectivity index (χ3v) is 4.54. The number of thiazole rings is 1. The van der Waals surface area contributed by atoms with Gasteiger partial charge in [-0.15, -0.1) is 11.3 Å². The molecule has 1 aromatic carbocycles. The quantitative estimate of drug-likeness (QED) is 0.869. The number of nitrogen functional groups attached to an aromatic ring is 1. The molecule has 0 aliphatic carbocycles. The van der Waals surface area contributed by atoms with Crippen molar-refractivity contribution in [3.63, 3.8) is 0 Å². The molecule has 3 nitrogen and oxygen atoms in total. The first kappa shape index (κ1) is 15.3. The van der Waals surface area contributed by atoms with E-state index in [4.69, 9.17) is 17.3 Å². The SMILES string of the molecule is CCCCN(C)C(c1cnc(N)s1)c1ccccc1Cl. The summed E-state index contributed by atoms with van der Waals surface area (Å²) in [5.41, 5.74) is 6.90. The van der Waals surface area contributed by atoms with Crippen molar-refractivity contribution in [3.8, 4) is 0 Å². The molecule has 20 heavy (non-hydrogen) atoms. The zero-order chi connectivity index (χ0) is 14.5. The normalized spacial score (nSPS) is 12.8. The number of halogens is 1. The Hall–Kier alpha value is -1.10. The van der Waals surface area contributed by atoms with E-state index in [0.717, 1.165) is 28.4 Å². The van der Waals surface area contributed by atoms with Gasteiger partial charge in [0.1, 0.15) is 0 Å². The van der Waals surface area contributed by atoms with Gasteiger partial charge in [0.2, 0.25) is 0 Å². The van der Waals surface area contributed by atoms with Gasteiger partial charge in [-0.1, -0.05) is 43.1 Å². The predicted molar refractivity (Wildman–Crippen MR) is 87.4 cm³/mol. The molecule has 0 saturated carbocycles. The monoisotopic (exact) mass is 309 g/mol. The van der Waals surface area contributed by atoms with Gasteiger partial charge in [-0.3, -0.25) is 4.90 Å². The standard InChI is InChI=1S/C15H20ClN3S/c1-3-4-9-19(2)14(13-10-18-15(17)20-13)11-7-5-6-8-12(11)16/h5-8,10,14H,3-4,9H2,1-2H3,(H2,17,18). The number of unbranched alkanes of at least 4 members (excludes halogenated alkanes) is 1. The largest absolute Gasteiger partial charge is 0.375 e. The van der Waals surface area contributed by atoms with Crippen LogP contribution in [0.4, 0.5) is 5.13 Å². The van der Waals surface area contributed by atoms with Crippen molar-refractivity contribution in [2.24, 2.45) is 0 Å². The van der Waals surface area contributed by atoms with Gasteiger partial charge in [0, 0.05) is 16.1 Å². The van der Waals surface area contributed by atoms with Crippen molar-refractivity contribution < 1.29 is 0 Å². The summed E-state index contributed by atoms with van der Waals surface area (Å²) in [6.07, 6.45) is 4.19. The molecule has 0 spiro atoms. The molecule has 0 aliphatic rings. The van der Waals surface area contributed by atoms with Gasteiger partial charge < -0.3 is 5.73 Å². The van der Waals surface area contributed by atoms with Crippen LogP contribution in [0.3, 0.4) is 0 Å². The highest BCUT2D eigenvalue weighted by Gasteiger charge is 2.23. The minimum atomic E-state index is 0.116. The zero-order valence-electron chi connectivity index (χ0n) is 11.8. The molecule has 0 radical (unpaired) electrons. The van der Waals surface area contributed by atoms with Crippen molar-refractivity contribution in [1.82, 2.24) is 9.88 Å². The molecule has 0 amide bonds. The maximum Gasteiger partial charge on any atom is 0.180 e. The zero-order valence-corrected chi connectivity index (χ0v) is 13.4. The number of hydrogen-bond acceptors (Lipinski definition) is 4. The minimum absolute atomic E-state index is 0.116. The second-order valence-corrected chi connectivity index (χ2v) is 6.36. The second-order valence-electron chi connectivity index (χ2n) is 4.86. The van der Waals surface area contributed by atoms with E-state index in [0.29, 0.717) is 5.13 Å². The fourth-order valence-electron chi connectivity index (χ4n) is 2.27. The molecule has 1 atom stereocenters. The number of benzene rings is 1.